The van der Waals surface area contributed by atoms with Gasteiger partial charge in [0.1, 0.15) is 5.57 Å². The molecule has 1 aliphatic rings. The van der Waals surface area contributed by atoms with E-state index in [1.54, 1.807) is 25.1 Å². The molecule has 1 aliphatic heterocycles. The zero-order valence-corrected chi connectivity index (χ0v) is 15.8. The number of aryl methyl sites for hydroxylation is 1. The highest BCUT2D eigenvalue weighted by Gasteiger charge is 2.34. The van der Waals surface area contributed by atoms with Crippen LogP contribution in [0.5, 0.6) is 11.5 Å². The molecule has 2 amide bonds. The lowest BCUT2D eigenvalue weighted by molar-refractivity contribution is -0.117. The third-order valence-corrected chi connectivity index (χ3v) is 4.42. The molecule has 0 atom stereocenters. The maximum atomic E-state index is 12.7. The summed E-state index contributed by atoms with van der Waals surface area (Å²) in [7, 11) is 0. The Morgan fingerprint density at radius 1 is 1.27 bits per heavy atom. The van der Waals surface area contributed by atoms with Crippen LogP contribution in [-0.4, -0.2) is 23.5 Å². The molecular weight excluding hydrogens is 400 g/mol. The van der Waals surface area contributed by atoms with E-state index in [-0.39, 0.29) is 17.1 Å². The van der Waals surface area contributed by atoms with Crippen LogP contribution >= 0.6 is 15.9 Å². The first-order chi connectivity index (χ1) is 12.4. The predicted molar refractivity (Wildman–Crippen MR) is 102 cm³/mol. The molecule has 0 spiro atoms. The van der Waals surface area contributed by atoms with E-state index in [1.165, 1.54) is 11.1 Å². The van der Waals surface area contributed by atoms with Crippen LogP contribution in [0.1, 0.15) is 18.1 Å². The summed E-state index contributed by atoms with van der Waals surface area (Å²) in [4.78, 5) is 25.0. The van der Waals surface area contributed by atoms with Crippen molar-refractivity contribution >= 4 is 39.5 Å². The van der Waals surface area contributed by atoms with E-state index in [9.17, 15) is 14.7 Å². The standard InChI is InChI=1S/C19H17BrN2O4/c1-3-26-16-10-12(9-15(20)17(16)23)8-14-18(24)21-22(19(14)25)13-6-4-5-11(2)7-13/h4-10,23H,3H2,1-2H3,(H,21,24)/b14-8-. The van der Waals surface area contributed by atoms with Gasteiger partial charge in [-0.15, -0.1) is 0 Å². The maximum absolute atomic E-state index is 12.7. The van der Waals surface area contributed by atoms with E-state index in [0.29, 0.717) is 22.3 Å². The third-order valence-electron chi connectivity index (χ3n) is 3.81. The highest BCUT2D eigenvalue weighted by molar-refractivity contribution is 9.10. The second-order valence-electron chi connectivity index (χ2n) is 5.76. The van der Waals surface area contributed by atoms with E-state index in [4.69, 9.17) is 4.74 Å². The lowest BCUT2D eigenvalue weighted by atomic mass is 10.1. The van der Waals surface area contributed by atoms with Crippen LogP contribution < -0.4 is 15.2 Å². The molecule has 134 valence electrons. The second kappa shape index (κ2) is 7.21. The molecule has 6 nitrogen and oxygen atoms in total. The summed E-state index contributed by atoms with van der Waals surface area (Å²) in [5.74, 6) is -0.686. The van der Waals surface area contributed by atoms with Crippen molar-refractivity contribution in [2.24, 2.45) is 0 Å². The van der Waals surface area contributed by atoms with E-state index < -0.39 is 11.8 Å². The molecule has 0 aromatic heterocycles. The molecule has 0 radical (unpaired) electrons. The number of rotatable bonds is 4. The average Bonchev–Trinajstić information content (AvgIpc) is 2.87. The van der Waals surface area contributed by atoms with Crippen molar-refractivity contribution in [3.8, 4) is 11.5 Å². The zero-order valence-electron chi connectivity index (χ0n) is 14.2. The van der Waals surface area contributed by atoms with Gasteiger partial charge in [-0.2, -0.15) is 0 Å². The lowest BCUT2D eigenvalue weighted by Crippen LogP contribution is -2.35. The van der Waals surface area contributed by atoms with Crippen molar-refractivity contribution in [2.75, 3.05) is 11.6 Å². The van der Waals surface area contributed by atoms with E-state index in [1.807, 2.05) is 25.1 Å². The number of phenolic OH excluding ortho intramolecular Hbond substituents is 1. The van der Waals surface area contributed by atoms with Gasteiger partial charge in [-0.05, 0) is 71.2 Å². The number of ether oxygens (including phenoxy) is 1. The van der Waals surface area contributed by atoms with Crippen molar-refractivity contribution in [2.45, 2.75) is 13.8 Å². The van der Waals surface area contributed by atoms with E-state index >= 15 is 0 Å². The molecule has 0 unspecified atom stereocenters. The fourth-order valence-electron chi connectivity index (χ4n) is 2.62. The summed E-state index contributed by atoms with van der Waals surface area (Å²) < 4.78 is 5.79. The van der Waals surface area contributed by atoms with E-state index in [2.05, 4.69) is 21.4 Å². The van der Waals surface area contributed by atoms with Crippen molar-refractivity contribution in [3.05, 3.63) is 57.6 Å². The number of nitrogens with zero attached hydrogens (tertiary/aromatic N) is 1. The van der Waals surface area contributed by atoms with Crippen LogP contribution in [0.3, 0.4) is 0 Å². The summed E-state index contributed by atoms with van der Waals surface area (Å²) in [5, 5.41) is 11.2. The topological polar surface area (TPSA) is 78.9 Å². The SMILES string of the molecule is CCOc1cc(/C=C2/C(=O)NN(c3cccc(C)c3)C2=O)cc(Br)c1O. The highest BCUT2D eigenvalue weighted by atomic mass is 79.9. The number of halogens is 1. The third kappa shape index (κ3) is 3.43. The van der Waals surface area contributed by atoms with Gasteiger partial charge in [-0.3, -0.25) is 15.0 Å². The number of amides is 2. The smallest absolute Gasteiger partial charge is 0.282 e. The van der Waals surface area contributed by atoms with Crippen LogP contribution in [0.2, 0.25) is 0 Å². The molecule has 0 saturated carbocycles. The number of hydrogen-bond acceptors (Lipinski definition) is 4. The number of hydrogen-bond donors (Lipinski definition) is 2. The molecule has 1 heterocycles. The van der Waals surface area contributed by atoms with Gasteiger partial charge < -0.3 is 9.84 Å². The molecule has 1 fully saturated rings. The number of carbonyl (C=O) groups excluding carboxylic acids is 2. The lowest BCUT2D eigenvalue weighted by Gasteiger charge is -2.14. The van der Waals surface area contributed by atoms with Gasteiger partial charge in [0.2, 0.25) is 0 Å². The molecule has 2 aromatic carbocycles. The number of aromatic hydroxyl groups is 1. The first kappa shape index (κ1) is 18.0. The number of hydrazine groups is 1. The molecule has 3 rings (SSSR count). The Morgan fingerprint density at radius 2 is 2.04 bits per heavy atom. The van der Waals surface area contributed by atoms with Gasteiger partial charge in [-0.1, -0.05) is 12.1 Å². The Morgan fingerprint density at radius 3 is 2.73 bits per heavy atom. The fraction of sp³-hybridized carbons (Fsp3) is 0.158. The van der Waals surface area contributed by atoms with Crippen LogP contribution in [0, 0.1) is 6.92 Å². The van der Waals surface area contributed by atoms with E-state index in [0.717, 1.165) is 5.56 Å². The number of nitrogens with one attached hydrogen (secondary N) is 1. The van der Waals surface area contributed by atoms with Gasteiger partial charge in [-0.25, -0.2) is 5.01 Å². The second-order valence-corrected chi connectivity index (χ2v) is 6.62. The zero-order chi connectivity index (χ0) is 18.8. The molecule has 26 heavy (non-hydrogen) atoms. The Hall–Kier alpha value is -2.80. The van der Waals surface area contributed by atoms with Gasteiger partial charge in [0.05, 0.1) is 16.8 Å². The minimum absolute atomic E-state index is 0.00606. The normalized spacial score (nSPS) is 15.5. The van der Waals surface area contributed by atoms with Crippen molar-refractivity contribution in [1.29, 1.82) is 0 Å². The molecule has 2 N–H and O–H groups in total. The minimum Gasteiger partial charge on any atom is -0.503 e. The number of anilines is 1. The fourth-order valence-corrected chi connectivity index (χ4v) is 3.08. The number of phenols is 1. The Balaban J connectivity index is 1.97. The van der Waals surface area contributed by atoms with Crippen molar-refractivity contribution in [3.63, 3.8) is 0 Å². The maximum Gasteiger partial charge on any atom is 0.282 e. The van der Waals surface area contributed by atoms with Crippen LogP contribution in [0.25, 0.3) is 6.08 Å². The molecule has 2 aromatic rings. The Bertz CT molecular complexity index is 924. The van der Waals surface area contributed by atoms with Gasteiger partial charge in [0.25, 0.3) is 11.8 Å². The minimum atomic E-state index is -0.487. The summed E-state index contributed by atoms with van der Waals surface area (Å²) in [6.07, 6.45) is 1.47. The predicted octanol–water partition coefficient (Wildman–Crippen LogP) is 3.32. The van der Waals surface area contributed by atoms with Crippen LogP contribution in [0.4, 0.5) is 5.69 Å². The quantitative estimate of drug-likeness (QED) is 0.591. The number of carbonyl (C=O) groups is 2. The van der Waals surface area contributed by atoms with Crippen LogP contribution in [-0.2, 0) is 9.59 Å². The average molecular weight is 417 g/mol. The molecule has 7 heteroatoms. The van der Waals surface area contributed by atoms with Gasteiger partial charge in [0, 0.05) is 0 Å². The monoisotopic (exact) mass is 416 g/mol. The Labute approximate surface area is 159 Å². The summed E-state index contributed by atoms with van der Waals surface area (Å²) in [5.41, 5.74) is 4.70. The van der Waals surface area contributed by atoms with Crippen molar-refractivity contribution < 1.29 is 19.4 Å². The summed E-state index contributed by atoms with van der Waals surface area (Å²) >= 11 is 3.25. The first-order valence-electron chi connectivity index (χ1n) is 7.99. The van der Waals surface area contributed by atoms with Gasteiger partial charge in [0.15, 0.2) is 11.5 Å². The molecule has 0 bridgehead atoms. The molecular formula is C19H17BrN2O4. The summed E-state index contributed by atoms with van der Waals surface area (Å²) in [6.45, 7) is 4.08. The highest BCUT2D eigenvalue weighted by Crippen LogP contribution is 2.36. The van der Waals surface area contributed by atoms with Crippen molar-refractivity contribution in [1.82, 2.24) is 5.43 Å². The first-order valence-corrected chi connectivity index (χ1v) is 8.79. The Kier molecular flexibility index (Phi) is 4.99. The largest absolute Gasteiger partial charge is 0.503 e. The molecule has 1 saturated heterocycles. The summed E-state index contributed by atoms with van der Waals surface area (Å²) in [6, 6.07) is 10.5. The van der Waals surface area contributed by atoms with Crippen LogP contribution in [0.15, 0.2) is 46.4 Å². The molecule has 0 aliphatic carbocycles. The number of benzene rings is 2. The van der Waals surface area contributed by atoms with Gasteiger partial charge >= 0.3 is 0 Å².